The van der Waals surface area contributed by atoms with Crippen molar-refractivity contribution < 1.29 is 14.3 Å². The summed E-state index contributed by atoms with van der Waals surface area (Å²) in [5, 5.41) is 18.2. The monoisotopic (exact) mass is 431 g/mol. The maximum atomic E-state index is 12.5. The maximum absolute atomic E-state index is 12.5. The van der Waals surface area contributed by atoms with Crippen molar-refractivity contribution in [2.24, 2.45) is 0 Å². The van der Waals surface area contributed by atoms with Crippen LogP contribution < -0.4 is 20.3 Å². The van der Waals surface area contributed by atoms with E-state index in [1.54, 1.807) is 24.3 Å². The van der Waals surface area contributed by atoms with Gasteiger partial charge in [-0.1, -0.05) is 12.1 Å². The van der Waals surface area contributed by atoms with E-state index in [1.165, 1.54) is 18.5 Å². The molecule has 32 heavy (non-hydrogen) atoms. The minimum atomic E-state index is -0.528. The molecule has 0 fully saturated rings. The largest absolute Gasteiger partial charge is 0.490 e. The molecule has 4 aromatic rings. The van der Waals surface area contributed by atoms with Crippen molar-refractivity contribution in [3.63, 3.8) is 0 Å². The van der Waals surface area contributed by atoms with Crippen molar-refractivity contribution in [3.05, 3.63) is 76.1 Å². The molecule has 0 aliphatic heterocycles. The highest BCUT2D eigenvalue weighted by molar-refractivity contribution is 5.92. The van der Waals surface area contributed by atoms with Crippen LogP contribution in [-0.4, -0.2) is 44.3 Å². The predicted octanol–water partition coefficient (Wildman–Crippen LogP) is 1.30. The number of nitrogens with one attached hydrogen (secondary N) is 3. The smallest absolute Gasteiger partial charge is 0.312 e. The molecule has 0 aliphatic carbocycles. The van der Waals surface area contributed by atoms with Crippen LogP contribution in [0.25, 0.3) is 10.9 Å². The van der Waals surface area contributed by atoms with Crippen LogP contribution >= 0.6 is 0 Å². The van der Waals surface area contributed by atoms with Gasteiger partial charge < -0.3 is 19.8 Å². The van der Waals surface area contributed by atoms with Gasteiger partial charge in [-0.15, -0.1) is 0 Å². The molecule has 2 aromatic heterocycles. The lowest BCUT2D eigenvalue weighted by Crippen LogP contribution is -2.27. The summed E-state index contributed by atoms with van der Waals surface area (Å²) in [5.41, 5.74) is 0.989. The van der Waals surface area contributed by atoms with Crippen LogP contribution in [0.1, 0.15) is 21.7 Å². The molecular weight excluding hydrogens is 414 g/mol. The minimum Gasteiger partial charge on any atom is -0.490 e. The van der Waals surface area contributed by atoms with E-state index in [0.717, 1.165) is 5.56 Å². The average Bonchev–Trinajstić information content (AvgIpc) is 3.34. The normalized spacial score (nSPS) is 10.5. The number of nitrogens with zero attached hydrogens (tertiary/aromatic N) is 4. The molecule has 2 heterocycles. The van der Waals surface area contributed by atoms with Crippen molar-refractivity contribution in [1.29, 1.82) is 5.26 Å². The van der Waals surface area contributed by atoms with Gasteiger partial charge in [-0.2, -0.15) is 15.3 Å². The van der Waals surface area contributed by atoms with E-state index in [9.17, 15) is 9.59 Å². The summed E-state index contributed by atoms with van der Waals surface area (Å²) in [6.07, 6.45) is 1.35. The van der Waals surface area contributed by atoms with Crippen molar-refractivity contribution in [2.75, 3.05) is 13.2 Å². The molecular formula is C21H17N7O4. The Morgan fingerprint density at radius 1 is 1.16 bits per heavy atom. The number of H-pyrrole nitrogens is 2. The van der Waals surface area contributed by atoms with E-state index < -0.39 is 11.5 Å². The summed E-state index contributed by atoms with van der Waals surface area (Å²) in [6.45, 7) is 0.791. The van der Waals surface area contributed by atoms with Crippen molar-refractivity contribution in [2.45, 2.75) is 6.54 Å². The van der Waals surface area contributed by atoms with E-state index in [0.29, 0.717) is 29.4 Å². The van der Waals surface area contributed by atoms with Gasteiger partial charge in [0.05, 0.1) is 22.5 Å². The SMILES string of the molecule is N#Cc1ccc2nc(C(=O)NCc3cccc(OCCOc4ncn[nH]4)c3)[nH]c(=O)c2c1. The Kier molecular flexibility index (Phi) is 6.03. The zero-order chi connectivity index (χ0) is 22.3. The summed E-state index contributed by atoms with van der Waals surface area (Å²) in [4.78, 5) is 35.2. The molecule has 160 valence electrons. The van der Waals surface area contributed by atoms with Gasteiger partial charge in [-0.05, 0) is 35.9 Å². The second-order valence-corrected chi connectivity index (χ2v) is 6.58. The molecule has 1 amide bonds. The fourth-order valence-electron chi connectivity index (χ4n) is 2.89. The number of aromatic amines is 2. The number of hydrogen-bond donors (Lipinski definition) is 3. The van der Waals surface area contributed by atoms with E-state index in [-0.39, 0.29) is 24.4 Å². The Morgan fingerprint density at radius 2 is 2.03 bits per heavy atom. The van der Waals surface area contributed by atoms with Gasteiger partial charge in [0.2, 0.25) is 0 Å². The van der Waals surface area contributed by atoms with E-state index >= 15 is 0 Å². The molecule has 4 rings (SSSR count). The fraction of sp³-hybridized carbons (Fsp3) is 0.143. The number of amides is 1. The molecule has 0 aliphatic rings. The number of ether oxygens (including phenoxy) is 2. The van der Waals surface area contributed by atoms with E-state index in [4.69, 9.17) is 14.7 Å². The molecule has 11 heteroatoms. The molecule has 0 atom stereocenters. The number of aromatic nitrogens is 5. The first-order chi connectivity index (χ1) is 15.6. The number of rotatable bonds is 8. The Morgan fingerprint density at radius 3 is 2.84 bits per heavy atom. The number of carbonyl (C=O) groups excluding carboxylic acids is 1. The van der Waals surface area contributed by atoms with Crippen LogP contribution in [0.4, 0.5) is 0 Å². The van der Waals surface area contributed by atoms with Gasteiger partial charge in [-0.3, -0.25) is 9.59 Å². The Hall–Kier alpha value is -4.72. The highest BCUT2D eigenvalue weighted by atomic mass is 16.5. The quantitative estimate of drug-likeness (QED) is 0.352. The Balaban J connectivity index is 1.35. The number of benzene rings is 2. The van der Waals surface area contributed by atoms with Crippen molar-refractivity contribution in [1.82, 2.24) is 30.5 Å². The van der Waals surface area contributed by atoms with Crippen LogP contribution in [0.3, 0.4) is 0 Å². The summed E-state index contributed by atoms with van der Waals surface area (Å²) in [5.74, 6) is -0.0206. The van der Waals surface area contributed by atoms with Gasteiger partial charge in [0.1, 0.15) is 25.3 Å². The Labute approximate surface area is 181 Å². The molecule has 0 saturated carbocycles. The fourth-order valence-corrected chi connectivity index (χ4v) is 2.89. The van der Waals surface area contributed by atoms with Crippen molar-refractivity contribution >= 4 is 16.8 Å². The third kappa shape index (κ3) is 4.88. The third-order valence-corrected chi connectivity index (χ3v) is 4.38. The first-order valence-electron chi connectivity index (χ1n) is 9.54. The first-order valence-corrected chi connectivity index (χ1v) is 9.54. The van der Waals surface area contributed by atoms with E-state index in [1.807, 2.05) is 12.1 Å². The standard InChI is InChI=1S/C21H17N7O4/c22-10-13-4-5-17-16(9-13)19(29)27-18(26-17)20(30)23-11-14-2-1-3-15(8-14)31-6-7-32-21-24-12-25-28-21/h1-5,8-9,12H,6-7,11H2,(H,23,30)(H,24,25,28)(H,26,27,29). The molecule has 0 saturated heterocycles. The number of nitriles is 1. The zero-order valence-electron chi connectivity index (χ0n) is 16.7. The highest BCUT2D eigenvalue weighted by Crippen LogP contribution is 2.14. The molecule has 3 N–H and O–H groups in total. The molecule has 11 nitrogen and oxygen atoms in total. The second kappa shape index (κ2) is 9.40. The highest BCUT2D eigenvalue weighted by Gasteiger charge is 2.12. The van der Waals surface area contributed by atoms with Gasteiger partial charge in [0.25, 0.3) is 11.5 Å². The van der Waals surface area contributed by atoms with Crippen LogP contribution in [0.2, 0.25) is 0 Å². The lowest BCUT2D eigenvalue weighted by molar-refractivity contribution is 0.0940. The average molecular weight is 431 g/mol. The second-order valence-electron chi connectivity index (χ2n) is 6.58. The third-order valence-electron chi connectivity index (χ3n) is 4.38. The van der Waals surface area contributed by atoms with Crippen LogP contribution in [0.5, 0.6) is 11.8 Å². The van der Waals surface area contributed by atoms with Gasteiger partial charge in [-0.25, -0.2) is 10.1 Å². The van der Waals surface area contributed by atoms with Gasteiger partial charge in [0.15, 0.2) is 5.82 Å². The summed E-state index contributed by atoms with van der Waals surface area (Å²) >= 11 is 0. The summed E-state index contributed by atoms with van der Waals surface area (Å²) in [6, 6.07) is 14.0. The topological polar surface area (TPSA) is 159 Å². The van der Waals surface area contributed by atoms with Gasteiger partial charge >= 0.3 is 6.01 Å². The van der Waals surface area contributed by atoms with Crippen LogP contribution in [-0.2, 0) is 6.54 Å². The molecule has 0 bridgehead atoms. The first kappa shape index (κ1) is 20.5. The van der Waals surface area contributed by atoms with Crippen molar-refractivity contribution in [3.8, 4) is 17.8 Å². The Bertz CT molecular complexity index is 1340. The molecule has 2 aromatic carbocycles. The summed E-state index contributed by atoms with van der Waals surface area (Å²) < 4.78 is 11.0. The summed E-state index contributed by atoms with van der Waals surface area (Å²) in [7, 11) is 0. The number of fused-ring (bicyclic) bond motifs is 1. The predicted molar refractivity (Wildman–Crippen MR) is 112 cm³/mol. The van der Waals surface area contributed by atoms with Crippen LogP contribution in [0.15, 0.2) is 53.6 Å². The maximum Gasteiger partial charge on any atom is 0.312 e. The van der Waals surface area contributed by atoms with E-state index in [2.05, 4.69) is 30.5 Å². The lowest BCUT2D eigenvalue weighted by Gasteiger charge is -2.09. The minimum absolute atomic E-state index is 0.107. The molecule has 0 spiro atoms. The molecule has 0 unspecified atom stereocenters. The molecule has 0 radical (unpaired) electrons. The zero-order valence-corrected chi connectivity index (χ0v) is 16.7. The number of carbonyl (C=O) groups is 1. The lowest BCUT2D eigenvalue weighted by atomic mass is 10.1. The van der Waals surface area contributed by atoms with Crippen LogP contribution in [0, 0.1) is 11.3 Å². The van der Waals surface area contributed by atoms with Gasteiger partial charge in [0, 0.05) is 6.54 Å². The number of hydrogen-bond acceptors (Lipinski definition) is 8.